The van der Waals surface area contributed by atoms with Gasteiger partial charge in [0.25, 0.3) is 0 Å². The first kappa shape index (κ1) is 15.2. The zero-order valence-corrected chi connectivity index (χ0v) is 12.4. The zero-order chi connectivity index (χ0) is 14.2. The summed E-state index contributed by atoms with van der Waals surface area (Å²) in [4.78, 5) is 15.6. The molecule has 1 fully saturated rings. The van der Waals surface area contributed by atoms with Crippen LogP contribution in [0, 0.1) is 0 Å². The van der Waals surface area contributed by atoms with Crippen molar-refractivity contribution in [3.8, 4) is 0 Å². The molecule has 2 rings (SSSR count). The standard InChI is InChI=1S/C17H25N2O/c1-2-17(15-20)19-13-11-18(12-14-19)10-6-9-16-7-4-3-5-8-16/h3-5,7-8,17H,2,6,9-14H2,1H3. The molecule has 1 heterocycles. The minimum atomic E-state index is 0.00136. The monoisotopic (exact) mass is 273 g/mol. The molecule has 0 N–H and O–H groups in total. The molecule has 20 heavy (non-hydrogen) atoms. The van der Waals surface area contributed by atoms with E-state index in [1.165, 1.54) is 12.0 Å². The van der Waals surface area contributed by atoms with Crippen LogP contribution >= 0.6 is 0 Å². The molecule has 0 aliphatic carbocycles. The molecule has 1 unspecified atom stereocenters. The van der Waals surface area contributed by atoms with Gasteiger partial charge in [0.05, 0.1) is 6.04 Å². The SMILES string of the molecule is CCC([C]=O)N1CCN(CCCc2ccccc2)CC1. The number of carbonyl (C=O) groups excluding carboxylic acids is 1. The van der Waals surface area contributed by atoms with Gasteiger partial charge >= 0.3 is 0 Å². The number of benzene rings is 1. The van der Waals surface area contributed by atoms with E-state index in [0.717, 1.165) is 45.6 Å². The van der Waals surface area contributed by atoms with Crippen molar-refractivity contribution in [2.75, 3.05) is 32.7 Å². The topological polar surface area (TPSA) is 23.6 Å². The van der Waals surface area contributed by atoms with Crippen molar-refractivity contribution in [1.29, 1.82) is 0 Å². The Bertz CT molecular complexity index is 385. The van der Waals surface area contributed by atoms with Crippen LogP contribution in [0.4, 0.5) is 0 Å². The molecule has 0 bridgehead atoms. The molecule has 0 amide bonds. The van der Waals surface area contributed by atoms with Crippen LogP contribution in [0.2, 0.25) is 0 Å². The second kappa shape index (κ2) is 8.18. The summed E-state index contributed by atoms with van der Waals surface area (Å²) in [5.74, 6) is 0. The van der Waals surface area contributed by atoms with Gasteiger partial charge < -0.3 is 4.90 Å². The van der Waals surface area contributed by atoms with Crippen molar-refractivity contribution < 1.29 is 4.79 Å². The smallest absolute Gasteiger partial charge is 0.217 e. The molecule has 1 aromatic carbocycles. The molecule has 1 aliphatic heterocycles. The van der Waals surface area contributed by atoms with Gasteiger partial charge in [0.1, 0.15) is 0 Å². The number of hydrogen-bond acceptors (Lipinski definition) is 3. The van der Waals surface area contributed by atoms with Crippen molar-refractivity contribution >= 4 is 6.29 Å². The predicted molar refractivity (Wildman–Crippen MR) is 82.5 cm³/mol. The largest absolute Gasteiger partial charge is 0.301 e. The van der Waals surface area contributed by atoms with E-state index < -0.39 is 0 Å². The molecule has 1 radical (unpaired) electrons. The Labute approximate surface area is 122 Å². The van der Waals surface area contributed by atoms with E-state index in [1.54, 1.807) is 0 Å². The van der Waals surface area contributed by atoms with Crippen molar-refractivity contribution in [1.82, 2.24) is 9.80 Å². The Morgan fingerprint density at radius 1 is 1.15 bits per heavy atom. The number of hydrogen-bond donors (Lipinski definition) is 0. The quantitative estimate of drug-likeness (QED) is 0.760. The summed E-state index contributed by atoms with van der Waals surface area (Å²) in [5, 5.41) is 0. The lowest BCUT2D eigenvalue weighted by Crippen LogP contribution is -2.50. The average Bonchev–Trinajstić information content (AvgIpc) is 2.51. The van der Waals surface area contributed by atoms with Crippen molar-refractivity contribution in [2.45, 2.75) is 32.2 Å². The lowest BCUT2D eigenvalue weighted by atomic mass is 10.1. The predicted octanol–water partition coefficient (Wildman–Crippen LogP) is 2.13. The first-order chi connectivity index (χ1) is 9.83. The molecule has 1 saturated heterocycles. The first-order valence-electron chi connectivity index (χ1n) is 7.71. The summed E-state index contributed by atoms with van der Waals surface area (Å²) in [5.41, 5.74) is 1.42. The number of aryl methyl sites for hydroxylation is 1. The highest BCUT2D eigenvalue weighted by Gasteiger charge is 2.22. The van der Waals surface area contributed by atoms with E-state index >= 15 is 0 Å². The maximum absolute atomic E-state index is 10.9. The maximum atomic E-state index is 10.9. The average molecular weight is 273 g/mol. The van der Waals surface area contributed by atoms with Crippen LogP contribution in [0.1, 0.15) is 25.3 Å². The lowest BCUT2D eigenvalue weighted by molar-refractivity contribution is 0.114. The van der Waals surface area contributed by atoms with Gasteiger partial charge in [-0.25, -0.2) is 0 Å². The second-order valence-electron chi connectivity index (χ2n) is 5.51. The Hall–Kier alpha value is -1.19. The zero-order valence-electron chi connectivity index (χ0n) is 12.4. The Kier molecular flexibility index (Phi) is 6.22. The first-order valence-corrected chi connectivity index (χ1v) is 7.71. The van der Waals surface area contributed by atoms with Gasteiger partial charge in [-0.05, 0) is 31.4 Å². The molecule has 109 valence electrons. The van der Waals surface area contributed by atoms with Gasteiger partial charge in [-0.15, -0.1) is 0 Å². The van der Waals surface area contributed by atoms with E-state index in [0.29, 0.717) is 0 Å². The summed E-state index contributed by atoms with van der Waals surface area (Å²) in [6.45, 7) is 7.37. The normalized spacial score (nSPS) is 18.9. The highest BCUT2D eigenvalue weighted by atomic mass is 16.1. The summed E-state index contributed by atoms with van der Waals surface area (Å²) in [6.07, 6.45) is 5.39. The van der Waals surface area contributed by atoms with Crippen molar-refractivity contribution in [3.05, 3.63) is 35.9 Å². The fraction of sp³-hybridized carbons (Fsp3) is 0.588. The molecule has 1 atom stereocenters. The van der Waals surface area contributed by atoms with Crippen LogP contribution in [0.3, 0.4) is 0 Å². The van der Waals surface area contributed by atoms with Crippen LogP contribution in [0.15, 0.2) is 30.3 Å². The minimum Gasteiger partial charge on any atom is -0.301 e. The fourth-order valence-electron chi connectivity index (χ4n) is 2.87. The molecular weight excluding hydrogens is 248 g/mol. The van der Waals surface area contributed by atoms with Gasteiger partial charge in [-0.2, -0.15) is 0 Å². The minimum absolute atomic E-state index is 0.00136. The van der Waals surface area contributed by atoms with E-state index in [9.17, 15) is 4.79 Å². The van der Waals surface area contributed by atoms with Gasteiger partial charge in [0.15, 0.2) is 0 Å². The highest BCUT2D eigenvalue weighted by molar-refractivity contribution is 5.58. The summed E-state index contributed by atoms with van der Waals surface area (Å²) in [6, 6.07) is 10.7. The van der Waals surface area contributed by atoms with E-state index in [2.05, 4.69) is 53.3 Å². The molecule has 1 aliphatic rings. The third-order valence-electron chi connectivity index (χ3n) is 4.15. The number of piperazine rings is 1. The molecule has 3 nitrogen and oxygen atoms in total. The molecule has 1 aromatic rings. The highest BCUT2D eigenvalue weighted by Crippen LogP contribution is 2.09. The molecule has 0 spiro atoms. The van der Waals surface area contributed by atoms with E-state index in [-0.39, 0.29) is 6.04 Å². The number of rotatable bonds is 7. The van der Waals surface area contributed by atoms with Crippen LogP contribution in [-0.2, 0) is 11.2 Å². The van der Waals surface area contributed by atoms with Crippen molar-refractivity contribution in [2.24, 2.45) is 0 Å². The lowest BCUT2D eigenvalue weighted by Gasteiger charge is -2.36. The Balaban J connectivity index is 1.66. The third kappa shape index (κ3) is 4.43. The van der Waals surface area contributed by atoms with E-state index in [1.807, 2.05) is 0 Å². The van der Waals surface area contributed by atoms with Crippen LogP contribution < -0.4 is 0 Å². The summed E-state index contributed by atoms with van der Waals surface area (Å²) < 4.78 is 0. The molecule has 3 heteroatoms. The molecule has 0 aromatic heterocycles. The molecule has 0 saturated carbocycles. The van der Waals surface area contributed by atoms with Crippen LogP contribution in [0.25, 0.3) is 0 Å². The summed E-state index contributed by atoms with van der Waals surface area (Å²) >= 11 is 0. The van der Waals surface area contributed by atoms with Gasteiger partial charge in [0, 0.05) is 26.2 Å². The van der Waals surface area contributed by atoms with Gasteiger partial charge in [0.2, 0.25) is 6.29 Å². The summed E-state index contributed by atoms with van der Waals surface area (Å²) in [7, 11) is 0. The molecular formula is C17H25N2O. The fourth-order valence-corrected chi connectivity index (χ4v) is 2.87. The Morgan fingerprint density at radius 2 is 1.85 bits per heavy atom. The third-order valence-corrected chi connectivity index (χ3v) is 4.15. The van der Waals surface area contributed by atoms with Crippen LogP contribution in [0.5, 0.6) is 0 Å². The number of nitrogens with zero attached hydrogens (tertiary/aromatic N) is 2. The van der Waals surface area contributed by atoms with Crippen LogP contribution in [-0.4, -0.2) is 54.9 Å². The Morgan fingerprint density at radius 3 is 2.45 bits per heavy atom. The van der Waals surface area contributed by atoms with Gasteiger partial charge in [-0.3, -0.25) is 9.69 Å². The maximum Gasteiger partial charge on any atom is 0.217 e. The van der Waals surface area contributed by atoms with E-state index in [4.69, 9.17) is 0 Å². The van der Waals surface area contributed by atoms with Gasteiger partial charge in [-0.1, -0.05) is 37.3 Å². The second-order valence-corrected chi connectivity index (χ2v) is 5.51. The van der Waals surface area contributed by atoms with Crippen molar-refractivity contribution in [3.63, 3.8) is 0 Å².